The lowest BCUT2D eigenvalue weighted by molar-refractivity contribution is 0.0948. The summed E-state index contributed by atoms with van der Waals surface area (Å²) in [6.07, 6.45) is 3.54. The first kappa shape index (κ1) is 19.9. The number of ether oxygens (including phenoxy) is 1. The molecule has 2 rings (SSSR count). The zero-order valence-corrected chi connectivity index (χ0v) is 16.2. The summed E-state index contributed by atoms with van der Waals surface area (Å²) in [6, 6.07) is 7.65. The van der Waals surface area contributed by atoms with Crippen LogP contribution in [0.4, 0.5) is 0 Å². The minimum absolute atomic E-state index is 0.0397. The number of benzene rings is 1. The second kappa shape index (κ2) is 9.92. The van der Waals surface area contributed by atoms with Gasteiger partial charge in [-0.2, -0.15) is 0 Å². The number of amides is 1. The average molecular weight is 355 g/mol. The van der Waals surface area contributed by atoms with E-state index in [-0.39, 0.29) is 5.91 Å². The maximum atomic E-state index is 12.4. The molecule has 1 N–H and O–H groups in total. The van der Waals surface area contributed by atoms with E-state index in [4.69, 9.17) is 4.74 Å². The van der Waals surface area contributed by atoms with Crippen LogP contribution in [0.3, 0.4) is 0 Å². The van der Waals surface area contributed by atoms with Gasteiger partial charge in [0.25, 0.3) is 5.91 Å². The molecule has 0 aliphatic rings. The van der Waals surface area contributed by atoms with Gasteiger partial charge < -0.3 is 15.0 Å². The Morgan fingerprint density at radius 1 is 1.19 bits per heavy atom. The molecule has 26 heavy (non-hydrogen) atoms. The van der Waals surface area contributed by atoms with Crippen LogP contribution < -0.4 is 10.1 Å². The third-order valence-electron chi connectivity index (χ3n) is 4.44. The van der Waals surface area contributed by atoms with Gasteiger partial charge in [-0.25, -0.2) is 0 Å². The van der Waals surface area contributed by atoms with Crippen LogP contribution in [0.2, 0.25) is 0 Å². The van der Waals surface area contributed by atoms with E-state index in [0.717, 1.165) is 42.1 Å². The molecule has 0 unspecified atom stereocenters. The van der Waals surface area contributed by atoms with E-state index >= 15 is 0 Å². The van der Waals surface area contributed by atoms with Crippen molar-refractivity contribution in [1.29, 1.82) is 0 Å². The first-order valence-electron chi connectivity index (χ1n) is 9.18. The standard InChI is InChI=1S/C21H29N3O2/c1-5-24(6-2)11-10-23-21(25)19-12-16(3)20(17(4)13-19)26-15-18-8-7-9-22-14-18/h7-9,12-14H,5-6,10-11,15H2,1-4H3,(H,23,25). The van der Waals surface area contributed by atoms with Crippen LogP contribution in [0.25, 0.3) is 0 Å². The smallest absolute Gasteiger partial charge is 0.251 e. The van der Waals surface area contributed by atoms with E-state index in [2.05, 4.69) is 29.0 Å². The minimum atomic E-state index is -0.0397. The van der Waals surface area contributed by atoms with Crippen LogP contribution in [0.5, 0.6) is 5.75 Å². The van der Waals surface area contributed by atoms with Crippen molar-refractivity contribution in [1.82, 2.24) is 15.2 Å². The van der Waals surface area contributed by atoms with Gasteiger partial charge in [0, 0.05) is 36.6 Å². The summed E-state index contributed by atoms with van der Waals surface area (Å²) in [4.78, 5) is 18.8. The molecule has 0 bridgehead atoms. The highest BCUT2D eigenvalue weighted by atomic mass is 16.5. The number of aromatic nitrogens is 1. The Kier molecular flexibility index (Phi) is 7.60. The number of nitrogens with one attached hydrogen (secondary N) is 1. The zero-order chi connectivity index (χ0) is 18.9. The normalized spacial score (nSPS) is 10.8. The number of rotatable bonds is 9. The van der Waals surface area contributed by atoms with Crippen molar-refractivity contribution in [3.8, 4) is 5.75 Å². The van der Waals surface area contributed by atoms with E-state index in [1.54, 1.807) is 12.4 Å². The molecule has 5 nitrogen and oxygen atoms in total. The Bertz CT molecular complexity index is 689. The fourth-order valence-corrected chi connectivity index (χ4v) is 2.92. The third kappa shape index (κ3) is 5.56. The van der Waals surface area contributed by atoms with Gasteiger partial charge in [0.2, 0.25) is 0 Å². The van der Waals surface area contributed by atoms with Crippen LogP contribution in [-0.4, -0.2) is 42.0 Å². The number of likely N-dealkylation sites (N-methyl/N-ethyl adjacent to an activating group) is 1. The van der Waals surface area contributed by atoms with Crippen molar-refractivity contribution in [3.63, 3.8) is 0 Å². The summed E-state index contributed by atoms with van der Waals surface area (Å²) in [5.74, 6) is 0.788. The quantitative estimate of drug-likeness (QED) is 0.749. The molecule has 0 saturated heterocycles. The van der Waals surface area contributed by atoms with Gasteiger partial charge in [-0.1, -0.05) is 19.9 Å². The fraction of sp³-hybridized carbons (Fsp3) is 0.429. The van der Waals surface area contributed by atoms with Crippen LogP contribution in [0.1, 0.15) is 40.9 Å². The predicted octanol–water partition coefficient (Wildman–Crippen LogP) is 3.35. The Balaban J connectivity index is 1.98. The molecule has 0 radical (unpaired) electrons. The Morgan fingerprint density at radius 3 is 2.46 bits per heavy atom. The first-order valence-corrected chi connectivity index (χ1v) is 9.18. The van der Waals surface area contributed by atoms with Gasteiger partial charge in [0.1, 0.15) is 12.4 Å². The highest BCUT2D eigenvalue weighted by Crippen LogP contribution is 2.25. The lowest BCUT2D eigenvalue weighted by Gasteiger charge is -2.18. The number of carbonyl (C=O) groups excluding carboxylic acids is 1. The highest BCUT2D eigenvalue weighted by Gasteiger charge is 2.12. The van der Waals surface area contributed by atoms with Gasteiger partial charge in [-0.05, 0) is 56.3 Å². The summed E-state index contributed by atoms with van der Waals surface area (Å²) in [7, 11) is 0. The van der Waals surface area contributed by atoms with E-state index in [1.807, 2.05) is 38.1 Å². The molecule has 2 aromatic rings. The summed E-state index contributed by atoms with van der Waals surface area (Å²) in [5.41, 5.74) is 3.61. The fourth-order valence-electron chi connectivity index (χ4n) is 2.92. The summed E-state index contributed by atoms with van der Waals surface area (Å²) < 4.78 is 5.95. The van der Waals surface area contributed by atoms with Crippen LogP contribution in [0, 0.1) is 13.8 Å². The van der Waals surface area contributed by atoms with Crippen molar-refractivity contribution in [2.75, 3.05) is 26.2 Å². The number of nitrogens with zero attached hydrogens (tertiary/aromatic N) is 2. The topological polar surface area (TPSA) is 54.5 Å². The number of pyridine rings is 1. The molecule has 0 aliphatic heterocycles. The van der Waals surface area contributed by atoms with Gasteiger partial charge >= 0.3 is 0 Å². The van der Waals surface area contributed by atoms with E-state index in [1.165, 1.54) is 0 Å². The lowest BCUT2D eigenvalue weighted by Crippen LogP contribution is -2.34. The molecule has 1 amide bonds. The minimum Gasteiger partial charge on any atom is -0.488 e. The van der Waals surface area contributed by atoms with E-state index in [0.29, 0.717) is 18.7 Å². The zero-order valence-electron chi connectivity index (χ0n) is 16.2. The summed E-state index contributed by atoms with van der Waals surface area (Å²) in [5, 5.41) is 3.00. The molecular formula is C21H29N3O2. The monoisotopic (exact) mass is 355 g/mol. The number of aryl methyl sites for hydroxylation is 2. The number of carbonyl (C=O) groups is 1. The molecular weight excluding hydrogens is 326 g/mol. The molecule has 0 aliphatic carbocycles. The van der Waals surface area contributed by atoms with Crippen molar-refractivity contribution in [2.24, 2.45) is 0 Å². The molecule has 0 fully saturated rings. The van der Waals surface area contributed by atoms with Crippen molar-refractivity contribution in [3.05, 3.63) is 58.9 Å². The summed E-state index contributed by atoms with van der Waals surface area (Å²) in [6.45, 7) is 12.2. The predicted molar refractivity (Wildman–Crippen MR) is 105 cm³/mol. The summed E-state index contributed by atoms with van der Waals surface area (Å²) >= 11 is 0. The van der Waals surface area contributed by atoms with Crippen molar-refractivity contribution in [2.45, 2.75) is 34.3 Å². The van der Waals surface area contributed by atoms with Gasteiger partial charge in [0.15, 0.2) is 0 Å². The largest absolute Gasteiger partial charge is 0.488 e. The van der Waals surface area contributed by atoms with Crippen molar-refractivity contribution < 1.29 is 9.53 Å². The van der Waals surface area contributed by atoms with Gasteiger partial charge in [-0.15, -0.1) is 0 Å². The third-order valence-corrected chi connectivity index (χ3v) is 4.44. The number of hydrogen-bond donors (Lipinski definition) is 1. The van der Waals surface area contributed by atoms with E-state index in [9.17, 15) is 4.79 Å². The van der Waals surface area contributed by atoms with Gasteiger partial charge in [0.05, 0.1) is 0 Å². The molecule has 1 aromatic carbocycles. The first-order chi connectivity index (χ1) is 12.5. The number of hydrogen-bond acceptors (Lipinski definition) is 4. The maximum absolute atomic E-state index is 12.4. The van der Waals surface area contributed by atoms with Crippen LogP contribution in [0.15, 0.2) is 36.7 Å². The molecule has 0 spiro atoms. The molecule has 1 aromatic heterocycles. The van der Waals surface area contributed by atoms with Crippen LogP contribution >= 0.6 is 0 Å². The Hall–Kier alpha value is -2.40. The molecule has 0 atom stereocenters. The molecule has 140 valence electrons. The highest BCUT2D eigenvalue weighted by molar-refractivity contribution is 5.94. The van der Waals surface area contributed by atoms with Gasteiger partial charge in [-0.3, -0.25) is 9.78 Å². The Morgan fingerprint density at radius 2 is 1.88 bits per heavy atom. The second-order valence-corrected chi connectivity index (χ2v) is 6.37. The van der Waals surface area contributed by atoms with Crippen molar-refractivity contribution >= 4 is 5.91 Å². The molecule has 5 heteroatoms. The Labute approximate surface area is 156 Å². The molecule has 0 saturated carbocycles. The second-order valence-electron chi connectivity index (χ2n) is 6.37. The van der Waals surface area contributed by atoms with E-state index < -0.39 is 0 Å². The average Bonchev–Trinajstić information content (AvgIpc) is 2.65. The van der Waals surface area contributed by atoms with Crippen LogP contribution in [-0.2, 0) is 6.61 Å². The lowest BCUT2D eigenvalue weighted by atomic mass is 10.0. The SMILES string of the molecule is CCN(CC)CCNC(=O)c1cc(C)c(OCc2cccnc2)c(C)c1. The maximum Gasteiger partial charge on any atom is 0.251 e. The molecule has 1 heterocycles.